The fraction of sp³-hybridized carbons (Fsp3) is 0.478. The molecule has 2 N–H and O–H groups in total. The van der Waals surface area contributed by atoms with Gasteiger partial charge in [0.25, 0.3) is 0 Å². The van der Waals surface area contributed by atoms with Gasteiger partial charge in [0.1, 0.15) is 5.15 Å². The third-order valence-corrected chi connectivity index (χ3v) is 12.2. The van der Waals surface area contributed by atoms with Crippen LogP contribution in [0.1, 0.15) is 96.3 Å². The average Bonchev–Trinajstić information content (AvgIpc) is 3.55. The van der Waals surface area contributed by atoms with E-state index in [-0.39, 0.29) is 74.5 Å². The van der Waals surface area contributed by atoms with Gasteiger partial charge in [0.2, 0.25) is 0 Å². The summed E-state index contributed by atoms with van der Waals surface area (Å²) in [5, 5.41) is 32.2. The number of carbonyl (C=O) groups excluding carboxylic acids is 2. The van der Waals surface area contributed by atoms with Crippen molar-refractivity contribution in [2.24, 2.45) is 10.8 Å². The maximum atomic E-state index is 12.3. The first kappa shape index (κ1) is 64.8. The van der Waals surface area contributed by atoms with E-state index in [0.29, 0.717) is 57.3 Å². The summed E-state index contributed by atoms with van der Waals surface area (Å²) in [6.45, 7) is 13.7. The van der Waals surface area contributed by atoms with Gasteiger partial charge in [0.15, 0.2) is 0 Å². The third kappa shape index (κ3) is 19.4. The van der Waals surface area contributed by atoms with Gasteiger partial charge < -0.3 is 48.6 Å². The number of hydrogen-bond acceptors (Lipinski definition) is 16. The standard InChI is InChI=1S/C20H23NO4.C15H25BO5.C11H10ClNO.3K.HO4P/c1-14(22)15-3-4-16-13-21-18(12-17(16)11-15)5-6-20(19(23)24-2)7-9-25-10-8-20;1-13(2)14(3,4)21-16(20-13)9-6-15(12(17)18-5)7-10-19-11-8-15;1-7(14)8-2-3-9-6-13-11(12)5-10(9)4-8;;;;1-4-5(2)3/h3-6,11-14,22H,7-10H2,1-2H3;6,9H,7-8,10-11H2,1-5H3;2-7,14H,1H3;;;;1H/q;;;;;+1;/p-1/b6-5+;9-6+;;;;;/t14-;;7-;;;;/m1.1..../s1. The predicted octanol–water partition coefficient (Wildman–Crippen LogP) is 2.89. The zero-order valence-corrected chi connectivity index (χ0v) is 52.0. The van der Waals surface area contributed by atoms with Crippen LogP contribution in [0.5, 0.6) is 0 Å². The fourth-order valence-electron chi connectivity index (χ4n) is 7.15. The number of aromatic nitrogens is 2. The minimum absolute atomic E-state index is 0. The Morgan fingerprint density at radius 2 is 1.18 bits per heavy atom. The van der Waals surface area contributed by atoms with E-state index < -0.39 is 38.4 Å². The van der Waals surface area contributed by atoms with Gasteiger partial charge in [-0.05, 0) is 124 Å². The zero-order valence-electron chi connectivity index (χ0n) is 41.0. The Hall–Kier alpha value is 0.684. The molecule has 2 aromatic carbocycles. The number of fused-ring (bicyclic) bond motifs is 2. The van der Waals surface area contributed by atoms with Crippen LogP contribution in [0, 0.1) is 10.8 Å². The summed E-state index contributed by atoms with van der Waals surface area (Å²) in [5.41, 5.74) is 0.488. The molecule has 0 bridgehead atoms. The molecule has 5 heterocycles. The Balaban J connectivity index is 0.000000334. The molecule has 68 heavy (non-hydrogen) atoms. The molecule has 0 aliphatic carbocycles. The van der Waals surface area contributed by atoms with Crippen LogP contribution in [-0.2, 0) is 47.1 Å². The van der Waals surface area contributed by atoms with E-state index in [1.54, 1.807) is 32.3 Å². The number of esters is 2. The van der Waals surface area contributed by atoms with Gasteiger partial charge in [-0.15, -0.1) is 0 Å². The number of aliphatic hydroxyl groups excluding tert-OH is 2. The van der Waals surface area contributed by atoms with Crippen molar-refractivity contribution >= 4 is 130 Å². The summed E-state index contributed by atoms with van der Waals surface area (Å²) in [6.07, 6.45) is 10.7. The topological polar surface area (TPSA) is 228 Å². The molecule has 0 saturated carbocycles. The minimum atomic E-state index is -3.15. The van der Waals surface area contributed by atoms with E-state index in [2.05, 4.69) is 14.6 Å². The monoisotopic (exact) mass is 1060 g/mol. The number of nitrogens with zero attached hydrogens (tertiary/aromatic N) is 2. The predicted molar refractivity (Wildman–Crippen MR) is 253 cm³/mol. The van der Waals surface area contributed by atoms with Crippen molar-refractivity contribution in [3.8, 4) is 0 Å². The number of carbonyl (C=O) groups is 2. The molecular formula is C46H58BClK3N2O14P. The summed E-state index contributed by atoms with van der Waals surface area (Å²) in [5.74, 6) is 1.38. The second kappa shape index (κ2) is 31.5. The molecule has 3 atom stereocenters. The van der Waals surface area contributed by atoms with Crippen LogP contribution in [0.4, 0.5) is 0 Å². The van der Waals surface area contributed by atoms with Gasteiger partial charge in [-0.1, -0.05) is 54.0 Å². The van der Waals surface area contributed by atoms with Gasteiger partial charge in [-0.2, -0.15) is 0 Å². The Labute approximate surface area is 493 Å². The first-order valence-electron chi connectivity index (χ1n) is 22.0. The molecule has 2 aromatic heterocycles. The van der Waals surface area contributed by atoms with Crippen LogP contribution >= 0.6 is 19.9 Å². The first-order valence-corrected chi connectivity index (χ1v) is 39.5. The molecule has 3 fully saturated rings. The molecule has 0 amide bonds. The SMILES string of the molecule is COC(=O)C1(/C=C/B2OC(C)(C)C(C)(C)O2)CCOCC1.COC(=O)C1(/C=C/c2cc3cc([C@@H](C)O)ccc3cn2)CCOCC1.C[C@@H](O)c1ccc2cnc(Cl)cc2c1.O=[P+]([O-])O[O-].[K+].[K][K]. The number of rotatable bonds is 9. The molecule has 7 rings (SSSR count). The van der Waals surface area contributed by atoms with E-state index >= 15 is 0 Å². The molecule has 16 nitrogen and oxygen atoms in total. The average molecular weight is 1060 g/mol. The second-order valence-electron chi connectivity index (χ2n) is 16.8. The van der Waals surface area contributed by atoms with Crippen molar-refractivity contribution in [1.29, 1.82) is 0 Å². The normalized spacial score (nSPS) is 18.7. The molecule has 4 aromatic rings. The number of benzene rings is 2. The fourth-order valence-corrected chi connectivity index (χ4v) is 7.32. The van der Waals surface area contributed by atoms with Crippen molar-refractivity contribution < 1.29 is 119 Å². The van der Waals surface area contributed by atoms with E-state index in [4.69, 9.17) is 54.6 Å². The Kier molecular flexibility index (Phi) is 30.1. The summed E-state index contributed by atoms with van der Waals surface area (Å²) < 4.78 is 43.9. The van der Waals surface area contributed by atoms with Crippen molar-refractivity contribution in [3.63, 3.8) is 0 Å². The Morgan fingerprint density at radius 3 is 1.59 bits per heavy atom. The van der Waals surface area contributed by atoms with E-state index in [0.717, 1.165) is 38.4 Å². The van der Waals surface area contributed by atoms with E-state index in [1.165, 1.54) is 77.4 Å². The van der Waals surface area contributed by atoms with Gasteiger partial charge in [-0.25, -0.2) is 9.66 Å². The molecule has 3 saturated heterocycles. The van der Waals surface area contributed by atoms with Crippen LogP contribution in [0.3, 0.4) is 0 Å². The molecule has 1 unspecified atom stereocenters. The summed E-state index contributed by atoms with van der Waals surface area (Å²) in [4.78, 5) is 41.7. The van der Waals surface area contributed by atoms with Gasteiger partial charge in [-0.3, -0.25) is 14.6 Å². The molecular weight excluding hydrogens is 999 g/mol. The summed E-state index contributed by atoms with van der Waals surface area (Å²) in [7, 11) is -0.764. The van der Waals surface area contributed by atoms with Crippen molar-refractivity contribution in [2.45, 2.75) is 90.6 Å². The number of hydrogen-bond donors (Lipinski definition) is 2. The van der Waals surface area contributed by atoms with Gasteiger partial charge >= 0.3 is 142 Å². The number of pyridine rings is 2. The van der Waals surface area contributed by atoms with Crippen molar-refractivity contribution in [1.82, 2.24) is 9.97 Å². The van der Waals surface area contributed by atoms with Crippen LogP contribution in [0.25, 0.3) is 27.6 Å². The summed E-state index contributed by atoms with van der Waals surface area (Å²) >= 11 is 8.28. The van der Waals surface area contributed by atoms with Crippen molar-refractivity contribution in [2.75, 3.05) is 40.6 Å². The Morgan fingerprint density at radius 1 is 0.765 bits per heavy atom. The molecule has 0 spiro atoms. The van der Waals surface area contributed by atoms with Crippen LogP contribution in [0.15, 0.2) is 79.1 Å². The molecule has 22 heteroatoms. The van der Waals surface area contributed by atoms with Gasteiger partial charge in [0, 0.05) is 49.6 Å². The van der Waals surface area contributed by atoms with Crippen LogP contribution in [0.2, 0.25) is 5.15 Å². The molecule has 3 aliphatic rings. The molecule has 3 aliphatic heterocycles. The third-order valence-electron chi connectivity index (χ3n) is 11.9. The summed E-state index contributed by atoms with van der Waals surface area (Å²) in [6, 6.07) is 15.3. The van der Waals surface area contributed by atoms with E-state index in [9.17, 15) is 19.8 Å². The second-order valence-corrected chi connectivity index (χ2v) is 17.8. The quantitative estimate of drug-likeness (QED) is 0.0614. The van der Waals surface area contributed by atoms with Crippen LogP contribution in [-0.4, -0.2) is 154 Å². The maximum absolute atomic E-state index is 12.3. The molecule has 0 radical (unpaired) electrons. The van der Waals surface area contributed by atoms with Crippen LogP contribution < -0.4 is 61.5 Å². The van der Waals surface area contributed by atoms with Crippen molar-refractivity contribution in [3.05, 3.63) is 101 Å². The zero-order chi connectivity index (χ0) is 50.0. The van der Waals surface area contributed by atoms with E-state index in [1.807, 2.05) is 94.4 Å². The Bertz CT molecular complexity index is 2300. The number of aliphatic hydroxyl groups is 2. The number of ether oxygens (including phenoxy) is 4. The number of halogens is 1. The van der Waals surface area contributed by atoms with Gasteiger partial charge in [0.05, 0.1) is 54.2 Å². The molecule has 354 valence electrons. The first-order chi connectivity index (χ1) is 31.7. The number of methoxy groups -OCH3 is 2.